The van der Waals surface area contributed by atoms with Gasteiger partial charge in [-0.3, -0.25) is 14.8 Å². The molecular weight excluding hydrogens is 448 g/mol. The lowest BCUT2D eigenvalue weighted by Crippen LogP contribution is -2.08. The van der Waals surface area contributed by atoms with Crippen molar-refractivity contribution in [3.8, 4) is 10.4 Å². The zero-order valence-electron chi connectivity index (χ0n) is 18.8. The molecule has 4 aromatic rings. The molecule has 34 heavy (non-hydrogen) atoms. The SMILES string of the molecule is C.COC(=O)c1ccc(-c2cn([C@@H](C)c3ccccn3)c3cc(C(C(C)=O)=C(C)N)cnc23)s1. The lowest BCUT2D eigenvalue weighted by Gasteiger charge is -2.15. The van der Waals surface area contributed by atoms with E-state index in [9.17, 15) is 9.59 Å². The molecule has 0 unspecified atom stereocenters. The van der Waals surface area contributed by atoms with Crippen molar-refractivity contribution in [1.29, 1.82) is 0 Å². The van der Waals surface area contributed by atoms with Gasteiger partial charge >= 0.3 is 5.97 Å². The van der Waals surface area contributed by atoms with Crippen molar-refractivity contribution >= 4 is 39.7 Å². The summed E-state index contributed by atoms with van der Waals surface area (Å²) in [7, 11) is 1.37. The van der Waals surface area contributed by atoms with Crippen molar-refractivity contribution in [2.24, 2.45) is 5.73 Å². The van der Waals surface area contributed by atoms with Crippen molar-refractivity contribution in [3.05, 3.63) is 76.8 Å². The second kappa shape index (κ2) is 10.0. The van der Waals surface area contributed by atoms with E-state index in [0.29, 0.717) is 21.7 Å². The lowest BCUT2D eigenvalue weighted by molar-refractivity contribution is -0.111. The average Bonchev–Trinajstić information content (AvgIpc) is 3.43. The predicted molar refractivity (Wildman–Crippen MR) is 137 cm³/mol. The van der Waals surface area contributed by atoms with Crippen LogP contribution < -0.4 is 5.73 Å². The first-order valence-electron chi connectivity index (χ1n) is 10.4. The Balaban J connectivity index is 0.00000324. The van der Waals surface area contributed by atoms with Crippen molar-refractivity contribution in [3.63, 3.8) is 0 Å². The number of rotatable bonds is 6. The number of thiophene rings is 1. The number of pyridine rings is 2. The van der Waals surface area contributed by atoms with Crippen LogP contribution in [0.4, 0.5) is 0 Å². The normalized spacial score (nSPS) is 12.6. The van der Waals surface area contributed by atoms with Crippen LogP contribution >= 0.6 is 11.3 Å². The number of carbonyl (C=O) groups excluding carboxylic acids is 2. The number of fused-ring (bicyclic) bond motifs is 1. The highest BCUT2D eigenvalue weighted by Crippen LogP contribution is 2.37. The Morgan fingerprint density at radius 3 is 2.53 bits per heavy atom. The summed E-state index contributed by atoms with van der Waals surface area (Å²) >= 11 is 1.35. The largest absolute Gasteiger partial charge is 0.465 e. The Morgan fingerprint density at radius 1 is 1.15 bits per heavy atom. The summed E-state index contributed by atoms with van der Waals surface area (Å²) < 4.78 is 6.94. The van der Waals surface area contributed by atoms with Gasteiger partial charge in [0.25, 0.3) is 0 Å². The summed E-state index contributed by atoms with van der Waals surface area (Å²) in [5.74, 6) is -0.491. The molecule has 0 aliphatic carbocycles. The Hall–Kier alpha value is -3.78. The number of esters is 1. The standard InChI is InChI=1S/C25H24N4O3S.CH4/c1-14(26)23(16(3)30)17-11-20-24(28-12-17)18(21-8-9-22(33-21)25(31)32-4)13-29(20)15(2)19-7-5-6-10-27-19;/h5-13,15H,26H2,1-4H3;1H4/t15-;/m0./s1. The first kappa shape index (κ1) is 24.9. The second-order valence-corrected chi connectivity index (χ2v) is 8.83. The van der Waals surface area contributed by atoms with Gasteiger partial charge in [-0.1, -0.05) is 13.5 Å². The van der Waals surface area contributed by atoms with Crippen LogP contribution in [0.1, 0.15) is 55.2 Å². The monoisotopic (exact) mass is 476 g/mol. The van der Waals surface area contributed by atoms with Gasteiger partial charge in [-0.05, 0) is 51.1 Å². The molecule has 0 aromatic carbocycles. The second-order valence-electron chi connectivity index (χ2n) is 7.74. The van der Waals surface area contributed by atoms with Crippen LogP contribution in [0.15, 0.2) is 60.7 Å². The molecule has 0 aliphatic heterocycles. The molecule has 4 rings (SSSR count). The topological polar surface area (TPSA) is 100 Å². The van der Waals surface area contributed by atoms with Gasteiger partial charge in [-0.25, -0.2) is 4.79 Å². The number of Topliss-reactive ketones (excluding diaryl/α,β-unsaturated/α-hetero) is 1. The fraction of sp³-hybridized carbons (Fsp3) is 0.231. The number of aromatic nitrogens is 3. The summed E-state index contributed by atoms with van der Waals surface area (Å²) in [5, 5.41) is 0. The molecule has 0 bridgehead atoms. The number of nitrogens with two attached hydrogens (primary N) is 1. The summed E-state index contributed by atoms with van der Waals surface area (Å²) in [6.45, 7) is 5.27. The van der Waals surface area contributed by atoms with Crippen LogP contribution in [0, 0.1) is 0 Å². The van der Waals surface area contributed by atoms with Crippen molar-refractivity contribution in [2.75, 3.05) is 7.11 Å². The van der Waals surface area contributed by atoms with Gasteiger partial charge in [0.2, 0.25) is 0 Å². The van der Waals surface area contributed by atoms with E-state index < -0.39 is 0 Å². The van der Waals surface area contributed by atoms with Crippen LogP contribution in [0.25, 0.3) is 27.0 Å². The summed E-state index contributed by atoms with van der Waals surface area (Å²) in [6.07, 6.45) is 5.45. The fourth-order valence-corrected chi connectivity index (χ4v) is 4.87. The number of allylic oxidation sites excluding steroid dienone is 2. The number of ketones is 1. The Labute approximate surface area is 202 Å². The first-order chi connectivity index (χ1) is 15.8. The van der Waals surface area contributed by atoms with Crippen LogP contribution in [0.5, 0.6) is 0 Å². The minimum Gasteiger partial charge on any atom is -0.465 e. The molecular formula is C26H28N4O3S. The number of hydrogen-bond acceptors (Lipinski definition) is 7. The molecule has 0 spiro atoms. The average molecular weight is 477 g/mol. The number of hydrogen-bond donors (Lipinski definition) is 1. The minimum atomic E-state index is -0.373. The molecule has 176 valence electrons. The van der Waals surface area contributed by atoms with Gasteiger partial charge in [-0.15, -0.1) is 11.3 Å². The minimum absolute atomic E-state index is 0. The van der Waals surface area contributed by atoms with E-state index in [1.165, 1.54) is 25.4 Å². The molecule has 4 aromatic heterocycles. The number of methoxy groups -OCH3 is 1. The van der Waals surface area contributed by atoms with Crippen molar-refractivity contribution in [2.45, 2.75) is 34.2 Å². The number of ether oxygens (including phenoxy) is 1. The molecule has 1 atom stereocenters. The molecule has 4 heterocycles. The Bertz CT molecular complexity index is 1380. The van der Waals surface area contributed by atoms with Crippen LogP contribution in [0.3, 0.4) is 0 Å². The summed E-state index contributed by atoms with van der Waals surface area (Å²) in [6, 6.07) is 11.3. The third kappa shape index (κ3) is 4.49. The third-order valence-corrected chi connectivity index (χ3v) is 6.59. The van der Waals surface area contributed by atoms with E-state index in [1.54, 1.807) is 25.4 Å². The number of nitrogens with zero attached hydrogens (tertiary/aromatic N) is 3. The maximum Gasteiger partial charge on any atom is 0.348 e. The molecule has 0 aliphatic rings. The highest BCUT2D eigenvalue weighted by Gasteiger charge is 2.21. The molecule has 0 saturated carbocycles. The Morgan fingerprint density at radius 2 is 1.91 bits per heavy atom. The molecule has 8 heteroatoms. The van der Waals surface area contributed by atoms with Crippen LogP contribution in [-0.2, 0) is 9.53 Å². The van der Waals surface area contributed by atoms with Gasteiger partial charge in [0.05, 0.1) is 29.9 Å². The molecule has 0 amide bonds. The molecule has 7 nitrogen and oxygen atoms in total. The van der Waals surface area contributed by atoms with E-state index in [2.05, 4.69) is 16.5 Å². The molecule has 0 saturated heterocycles. The summed E-state index contributed by atoms with van der Waals surface area (Å²) in [4.78, 5) is 34.9. The van der Waals surface area contributed by atoms with Gasteiger partial charge in [-0.2, -0.15) is 0 Å². The Kier molecular flexibility index (Phi) is 7.32. The fourth-order valence-electron chi connectivity index (χ4n) is 3.93. The van der Waals surface area contributed by atoms with Gasteiger partial charge in [0, 0.05) is 45.9 Å². The smallest absolute Gasteiger partial charge is 0.348 e. The van der Waals surface area contributed by atoms with E-state index in [4.69, 9.17) is 15.5 Å². The highest BCUT2D eigenvalue weighted by molar-refractivity contribution is 7.17. The quantitative estimate of drug-likeness (QED) is 0.293. The number of carbonyl (C=O) groups is 2. The molecule has 0 fully saturated rings. The maximum absolute atomic E-state index is 12.3. The van der Waals surface area contributed by atoms with Gasteiger partial charge in [0.15, 0.2) is 5.78 Å². The van der Waals surface area contributed by atoms with E-state index in [-0.39, 0.29) is 25.2 Å². The maximum atomic E-state index is 12.3. The van der Waals surface area contributed by atoms with Crippen molar-refractivity contribution < 1.29 is 14.3 Å². The first-order valence-corrected chi connectivity index (χ1v) is 11.2. The van der Waals surface area contributed by atoms with Crippen molar-refractivity contribution in [1.82, 2.24) is 14.5 Å². The third-order valence-electron chi connectivity index (χ3n) is 5.50. The molecule has 0 radical (unpaired) electrons. The van der Waals surface area contributed by atoms with Gasteiger partial charge < -0.3 is 15.0 Å². The van der Waals surface area contributed by atoms with Crippen LogP contribution in [-0.4, -0.2) is 33.4 Å². The highest BCUT2D eigenvalue weighted by atomic mass is 32.1. The van der Waals surface area contributed by atoms with Gasteiger partial charge in [0.1, 0.15) is 4.88 Å². The van der Waals surface area contributed by atoms with Crippen LogP contribution in [0.2, 0.25) is 0 Å². The van der Waals surface area contributed by atoms with E-state index >= 15 is 0 Å². The van der Waals surface area contributed by atoms with E-state index in [1.807, 2.05) is 36.5 Å². The summed E-state index contributed by atoms with van der Waals surface area (Å²) in [5.41, 5.74) is 11.0. The molecule has 2 N–H and O–H groups in total. The zero-order valence-corrected chi connectivity index (χ0v) is 19.6. The predicted octanol–water partition coefficient (Wildman–Crippen LogP) is 5.47. The lowest BCUT2D eigenvalue weighted by atomic mass is 10.0. The zero-order chi connectivity index (χ0) is 23.7. The van der Waals surface area contributed by atoms with E-state index in [0.717, 1.165) is 27.2 Å².